The van der Waals surface area contributed by atoms with Gasteiger partial charge in [-0.1, -0.05) is 15.9 Å². The van der Waals surface area contributed by atoms with Gasteiger partial charge in [-0.25, -0.2) is 0 Å². The fourth-order valence-electron chi connectivity index (χ4n) is 2.00. The number of hydrogen-bond acceptors (Lipinski definition) is 5. The molecule has 0 amide bonds. The molecule has 0 atom stereocenters. The highest BCUT2D eigenvalue weighted by molar-refractivity contribution is 9.10. The smallest absolute Gasteiger partial charge is 0.293 e. The minimum absolute atomic E-state index is 0.0108. The summed E-state index contributed by atoms with van der Waals surface area (Å²) in [5, 5.41) is 29.4. The van der Waals surface area contributed by atoms with Gasteiger partial charge in [0.2, 0.25) is 0 Å². The van der Waals surface area contributed by atoms with E-state index in [9.17, 15) is 15.2 Å². The van der Waals surface area contributed by atoms with Gasteiger partial charge in [0.15, 0.2) is 0 Å². The summed E-state index contributed by atoms with van der Waals surface area (Å²) in [5.41, 5.74) is -0.593. The van der Waals surface area contributed by atoms with Crippen LogP contribution in [0.3, 0.4) is 0 Å². The first-order valence-electron chi connectivity index (χ1n) is 5.23. The number of benzene rings is 1. The van der Waals surface area contributed by atoms with Gasteiger partial charge in [0.1, 0.15) is 11.3 Å². The Bertz CT molecular complexity index is 535. The van der Waals surface area contributed by atoms with Gasteiger partial charge < -0.3 is 10.0 Å². The van der Waals surface area contributed by atoms with Crippen molar-refractivity contribution in [3.05, 3.63) is 32.8 Å². The van der Waals surface area contributed by atoms with Gasteiger partial charge in [0.25, 0.3) is 5.69 Å². The number of nitrogens with zero attached hydrogens (tertiary/aromatic N) is 3. The number of nitro groups is 1. The number of rotatable bonds is 3. The summed E-state index contributed by atoms with van der Waals surface area (Å²) in [4.78, 5) is 12.2. The average Bonchev–Trinajstić information content (AvgIpc) is 2.26. The van der Waals surface area contributed by atoms with Crippen molar-refractivity contribution in [2.24, 2.45) is 0 Å². The van der Waals surface area contributed by atoms with Gasteiger partial charge in [-0.15, -0.1) is 0 Å². The van der Waals surface area contributed by atoms with E-state index in [1.54, 1.807) is 17.0 Å². The highest BCUT2D eigenvalue weighted by Gasteiger charge is 2.43. The fourth-order valence-corrected chi connectivity index (χ4v) is 2.35. The predicted molar refractivity (Wildman–Crippen MR) is 68.2 cm³/mol. The Morgan fingerprint density at radius 2 is 2.28 bits per heavy atom. The van der Waals surface area contributed by atoms with Crippen LogP contribution in [0.4, 0.5) is 11.4 Å². The molecule has 0 aliphatic carbocycles. The topological polar surface area (TPSA) is 90.4 Å². The maximum Gasteiger partial charge on any atom is 0.293 e. The van der Waals surface area contributed by atoms with Crippen molar-refractivity contribution >= 4 is 27.3 Å². The zero-order valence-corrected chi connectivity index (χ0v) is 10.9. The van der Waals surface area contributed by atoms with E-state index in [0.29, 0.717) is 10.2 Å². The van der Waals surface area contributed by atoms with Gasteiger partial charge >= 0.3 is 0 Å². The second-order valence-corrected chi connectivity index (χ2v) is 5.22. The highest BCUT2D eigenvalue weighted by atomic mass is 79.9. The van der Waals surface area contributed by atoms with Crippen molar-refractivity contribution in [3.63, 3.8) is 0 Å². The first kappa shape index (κ1) is 12.8. The van der Waals surface area contributed by atoms with Crippen LogP contribution in [0.15, 0.2) is 22.7 Å². The molecule has 0 unspecified atom stereocenters. The Labute approximate surface area is 112 Å². The quantitative estimate of drug-likeness (QED) is 0.679. The van der Waals surface area contributed by atoms with Crippen LogP contribution in [-0.2, 0) is 0 Å². The van der Waals surface area contributed by atoms with Crippen LogP contribution in [0.25, 0.3) is 0 Å². The second-order valence-electron chi connectivity index (χ2n) is 4.31. The van der Waals surface area contributed by atoms with Gasteiger partial charge in [0, 0.05) is 23.6 Å². The Kier molecular flexibility index (Phi) is 3.24. The molecule has 6 nitrogen and oxygen atoms in total. The third kappa shape index (κ3) is 2.30. The average molecular weight is 312 g/mol. The minimum atomic E-state index is -1.05. The molecule has 1 N–H and O–H groups in total. The summed E-state index contributed by atoms with van der Waals surface area (Å²) in [6.07, 6.45) is 0.0355. The van der Waals surface area contributed by atoms with Crippen LogP contribution in [-0.4, -0.2) is 28.7 Å². The van der Waals surface area contributed by atoms with E-state index >= 15 is 0 Å². The molecule has 1 fully saturated rings. The summed E-state index contributed by atoms with van der Waals surface area (Å²) in [6, 6.07) is 6.68. The molecule has 1 aliphatic heterocycles. The molecule has 0 saturated carbocycles. The molecule has 0 aromatic heterocycles. The lowest BCUT2D eigenvalue weighted by atomic mass is 9.90. The highest BCUT2D eigenvalue weighted by Crippen LogP contribution is 2.37. The summed E-state index contributed by atoms with van der Waals surface area (Å²) >= 11 is 3.19. The Hall–Kier alpha value is -1.65. The van der Waals surface area contributed by atoms with Crippen molar-refractivity contribution in [3.8, 4) is 6.07 Å². The van der Waals surface area contributed by atoms with Crippen LogP contribution in [0, 0.1) is 21.4 Å². The summed E-state index contributed by atoms with van der Waals surface area (Å²) in [6.45, 7) is 0.478. The van der Waals surface area contributed by atoms with E-state index in [0.717, 1.165) is 0 Å². The molecule has 7 heteroatoms. The largest absolute Gasteiger partial charge is 0.385 e. The van der Waals surface area contributed by atoms with Crippen LogP contribution < -0.4 is 4.90 Å². The molecule has 0 bridgehead atoms. The number of aliphatic hydroxyl groups is 1. The van der Waals surface area contributed by atoms with E-state index in [1.807, 2.05) is 6.07 Å². The van der Waals surface area contributed by atoms with E-state index in [4.69, 9.17) is 5.26 Å². The van der Waals surface area contributed by atoms with Gasteiger partial charge in [-0.05, 0) is 12.1 Å². The first-order chi connectivity index (χ1) is 8.45. The number of β-amino-alcohol motifs (C(OH)–C–C–N with tert-alkyl or cyclic N) is 1. The number of nitriles is 1. The van der Waals surface area contributed by atoms with Crippen LogP contribution in [0.5, 0.6) is 0 Å². The zero-order chi connectivity index (χ0) is 13.3. The lowest BCUT2D eigenvalue weighted by Crippen LogP contribution is -2.61. The van der Waals surface area contributed by atoms with E-state index in [-0.39, 0.29) is 25.2 Å². The maximum atomic E-state index is 10.9. The molecule has 0 spiro atoms. The number of hydrogen-bond donors (Lipinski definition) is 1. The Morgan fingerprint density at radius 1 is 1.61 bits per heavy atom. The molecule has 94 valence electrons. The summed E-state index contributed by atoms with van der Waals surface area (Å²) in [5.74, 6) is 0. The first-order valence-corrected chi connectivity index (χ1v) is 6.03. The van der Waals surface area contributed by atoms with E-state index < -0.39 is 10.5 Å². The molecule has 1 aliphatic rings. The number of nitro benzene ring substituents is 1. The molecule has 1 heterocycles. The van der Waals surface area contributed by atoms with E-state index in [2.05, 4.69) is 15.9 Å². The minimum Gasteiger partial charge on any atom is -0.385 e. The molecule has 1 aromatic carbocycles. The third-order valence-corrected chi connectivity index (χ3v) is 3.35. The normalized spacial score (nSPS) is 16.8. The lowest BCUT2D eigenvalue weighted by molar-refractivity contribution is -0.384. The molecular formula is C11H10BrN3O3. The van der Waals surface area contributed by atoms with Gasteiger partial charge in [0.05, 0.1) is 17.4 Å². The maximum absolute atomic E-state index is 10.9. The Morgan fingerprint density at radius 3 is 2.83 bits per heavy atom. The summed E-state index contributed by atoms with van der Waals surface area (Å²) < 4.78 is 0.630. The van der Waals surface area contributed by atoms with Crippen molar-refractivity contribution in [1.82, 2.24) is 0 Å². The molecule has 2 rings (SSSR count). The fraction of sp³-hybridized carbons (Fsp3) is 0.364. The third-order valence-electron chi connectivity index (χ3n) is 2.85. The SMILES string of the molecule is N#CCC1(O)CN(c2ccc(Br)cc2[N+](=O)[O-])C1. The van der Waals surface area contributed by atoms with Crippen molar-refractivity contribution in [2.75, 3.05) is 18.0 Å². The molecular weight excluding hydrogens is 302 g/mol. The molecule has 1 saturated heterocycles. The lowest BCUT2D eigenvalue weighted by Gasteiger charge is -2.46. The monoisotopic (exact) mass is 311 g/mol. The molecule has 0 radical (unpaired) electrons. The number of anilines is 1. The summed E-state index contributed by atoms with van der Waals surface area (Å²) in [7, 11) is 0. The zero-order valence-electron chi connectivity index (χ0n) is 9.34. The Balaban J connectivity index is 2.22. The van der Waals surface area contributed by atoms with Gasteiger partial charge in [-0.3, -0.25) is 10.1 Å². The van der Waals surface area contributed by atoms with Crippen LogP contribution in [0.1, 0.15) is 6.42 Å². The van der Waals surface area contributed by atoms with Gasteiger partial charge in [-0.2, -0.15) is 5.26 Å². The van der Waals surface area contributed by atoms with E-state index in [1.165, 1.54) is 6.07 Å². The number of halogens is 1. The molecule has 18 heavy (non-hydrogen) atoms. The van der Waals surface area contributed by atoms with Crippen molar-refractivity contribution in [2.45, 2.75) is 12.0 Å². The molecule has 1 aromatic rings. The van der Waals surface area contributed by atoms with Crippen molar-refractivity contribution < 1.29 is 10.0 Å². The van der Waals surface area contributed by atoms with Crippen molar-refractivity contribution in [1.29, 1.82) is 5.26 Å². The van der Waals surface area contributed by atoms with Crippen LogP contribution >= 0.6 is 15.9 Å². The van der Waals surface area contributed by atoms with Crippen LogP contribution in [0.2, 0.25) is 0 Å². The predicted octanol–water partition coefficient (Wildman–Crippen LogP) is 1.82. The second kappa shape index (κ2) is 4.55. The standard InChI is InChI=1S/C11H10BrN3O3/c12-8-1-2-9(10(5-8)15(17)18)14-6-11(16,7-14)3-4-13/h1-2,5,16H,3,6-7H2.